The zero-order chi connectivity index (χ0) is 8.27. The second-order valence-electron chi connectivity index (χ2n) is 3.52. The van der Waals surface area contributed by atoms with Crippen molar-refractivity contribution in [3.8, 4) is 0 Å². The van der Waals surface area contributed by atoms with Crippen molar-refractivity contribution < 1.29 is 0 Å². The molecule has 66 valence electrons. The fourth-order valence-electron chi connectivity index (χ4n) is 1.40. The number of nitrogens with two attached hydrogens (primary N) is 1. The average molecular weight is 157 g/mol. The minimum Gasteiger partial charge on any atom is -0.316 e. The first-order valence-corrected chi connectivity index (χ1v) is 4.42. The van der Waals surface area contributed by atoms with E-state index < -0.39 is 0 Å². The summed E-state index contributed by atoms with van der Waals surface area (Å²) in [5, 5.41) is 3.31. The summed E-state index contributed by atoms with van der Waals surface area (Å²) in [5.74, 6) is 0.563. The van der Waals surface area contributed by atoms with E-state index in [1.165, 1.54) is 0 Å². The zero-order valence-corrected chi connectivity index (χ0v) is 7.51. The number of hydrogen-bond acceptors (Lipinski definition) is 3. The van der Waals surface area contributed by atoms with Gasteiger partial charge in [0.2, 0.25) is 0 Å². The molecule has 0 radical (unpaired) electrons. The molecule has 0 bridgehead atoms. The summed E-state index contributed by atoms with van der Waals surface area (Å²) < 4.78 is 0. The second kappa shape index (κ2) is 4.04. The number of hydrogen-bond donors (Lipinski definition) is 2. The highest BCUT2D eigenvalue weighted by Gasteiger charge is 2.18. The highest BCUT2D eigenvalue weighted by atomic mass is 15.3. The molecular weight excluding hydrogens is 138 g/mol. The lowest BCUT2D eigenvalue weighted by atomic mass is 10.1. The first-order valence-electron chi connectivity index (χ1n) is 4.42. The Kier molecular flexibility index (Phi) is 3.30. The normalized spacial score (nSPS) is 24.0. The molecule has 3 N–H and O–H groups in total. The van der Waals surface area contributed by atoms with Gasteiger partial charge in [-0.25, -0.2) is 0 Å². The van der Waals surface area contributed by atoms with Crippen molar-refractivity contribution in [3.05, 3.63) is 0 Å². The van der Waals surface area contributed by atoms with Crippen LogP contribution < -0.4 is 11.1 Å². The molecule has 1 aliphatic heterocycles. The smallest absolute Gasteiger partial charge is 0.0596 e. The minimum absolute atomic E-state index is 0.247. The van der Waals surface area contributed by atoms with E-state index in [1.54, 1.807) is 0 Å². The first kappa shape index (κ1) is 8.97. The Bertz CT molecular complexity index is 108. The standard InChI is InChI=1S/C8H19N3/c1-7(2)8(9)11-5-3-10-4-6-11/h7-8,10H,3-6,9H2,1-2H3. The van der Waals surface area contributed by atoms with Gasteiger partial charge in [-0.05, 0) is 5.92 Å². The molecule has 0 aromatic carbocycles. The Morgan fingerprint density at radius 2 is 1.82 bits per heavy atom. The van der Waals surface area contributed by atoms with Gasteiger partial charge in [0.05, 0.1) is 6.17 Å². The predicted octanol–water partition coefficient (Wildman–Crippen LogP) is -0.168. The van der Waals surface area contributed by atoms with E-state index >= 15 is 0 Å². The van der Waals surface area contributed by atoms with Crippen molar-refractivity contribution in [2.24, 2.45) is 11.7 Å². The Labute approximate surface area is 68.9 Å². The number of nitrogens with zero attached hydrogens (tertiary/aromatic N) is 1. The van der Waals surface area contributed by atoms with Crippen molar-refractivity contribution >= 4 is 0 Å². The van der Waals surface area contributed by atoms with Gasteiger partial charge in [-0.15, -0.1) is 0 Å². The van der Waals surface area contributed by atoms with Gasteiger partial charge in [-0.3, -0.25) is 4.90 Å². The molecule has 1 rings (SSSR count). The van der Waals surface area contributed by atoms with Gasteiger partial charge < -0.3 is 11.1 Å². The molecule has 11 heavy (non-hydrogen) atoms. The monoisotopic (exact) mass is 157 g/mol. The minimum atomic E-state index is 0.247. The van der Waals surface area contributed by atoms with Crippen molar-refractivity contribution in [1.29, 1.82) is 0 Å². The van der Waals surface area contributed by atoms with Crippen LogP contribution in [0.3, 0.4) is 0 Å². The molecule has 0 saturated carbocycles. The molecule has 1 fully saturated rings. The Morgan fingerprint density at radius 3 is 2.27 bits per heavy atom. The van der Waals surface area contributed by atoms with Gasteiger partial charge in [-0.1, -0.05) is 13.8 Å². The van der Waals surface area contributed by atoms with Crippen LogP contribution in [0.2, 0.25) is 0 Å². The van der Waals surface area contributed by atoms with Crippen LogP contribution in [0.25, 0.3) is 0 Å². The molecule has 1 atom stereocenters. The molecule has 1 unspecified atom stereocenters. The van der Waals surface area contributed by atoms with Gasteiger partial charge in [0.25, 0.3) is 0 Å². The Hall–Kier alpha value is -0.120. The third-order valence-electron chi connectivity index (χ3n) is 2.26. The molecule has 3 nitrogen and oxygen atoms in total. The molecule has 1 aliphatic rings. The lowest BCUT2D eigenvalue weighted by molar-refractivity contribution is 0.141. The van der Waals surface area contributed by atoms with E-state index in [0.717, 1.165) is 26.2 Å². The summed E-state index contributed by atoms with van der Waals surface area (Å²) in [5.41, 5.74) is 5.99. The second-order valence-corrected chi connectivity index (χ2v) is 3.52. The Balaban J connectivity index is 2.32. The quantitative estimate of drug-likeness (QED) is 0.585. The summed E-state index contributed by atoms with van der Waals surface area (Å²) in [7, 11) is 0. The summed E-state index contributed by atoms with van der Waals surface area (Å²) in [6, 6.07) is 0. The summed E-state index contributed by atoms with van der Waals surface area (Å²) in [6.45, 7) is 8.71. The van der Waals surface area contributed by atoms with E-state index in [0.29, 0.717) is 5.92 Å². The van der Waals surface area contributed by atoms with Crippen LogP contribution in [-0.4, -0.2) is 37.2 Å². The van der Waals surface area contributed by atoms with E-state index in [2.05, 4.69) is 24.1 Å². The average Bonchev–Trinajstić information content (AvgIpc) is 2.05. The maximum absolute atomic E-state index is 5.99. The van der Waals surface area contributed by atoms with E-state index in [9.17, 15) is 0 Å². The largest absolute Gasteiger partial charge is 0.316 e. The van der Waals surface area contributed by atoms with E-state index in [4.69, 9.17) is 5.73 Å². The maximum atomic E-state index is 5.99. The molecule has 0 aromatic rings. The number of nitrogens with one attached hydrogen (secondary N) is 1. The van der Waals surface area contributed by atoms with Gasteiger partial charge in [-0.2, -0.15) is 0 Å². The van der Waals surface area contributed by atoms with Gasteiger partial charge in [0.15, 0.2) is 0 Å². The fraction of sp³-hybridized carbons (Fsp3) is 1.00. The molecule has 3 heteroatoms. The van der Waals surface area contributed by atoms with Crippen LogP contribution >= 0.6 is 0 Å². The highest BCUT2D eigenvalue weighted by Crippen LogP contribution is 2.05. The SMILES string of the molecule is CC(C)C(N)N1CCNCC1. The summed E-state index contributed by atoms with van der Waals surface area (Å²) >= 11 is 0. The lowest BCUT2D eigenvalue weighted by Crippen LogP contribution is -2.53. The molecule has 0 spiro atoms. The lowest BCUT2D eigenvalue weighted by Gasteiger charge is -2.34. The zero-order valence-electron chi connectivity index (χ0n) is 7.51. The van der Waals surface area contributed by atoms with E-state index in [-0.39, 0.29) is 6.17 Å². The molecule has 0 aliphatic carbocycles. The van der Waals surface area contributed by atoms with Crippen molar-refractivity contribution in [2.75, 3.05) is 26.2 Å². The van der Waals surface area contributed by atoms with Gasteiger partial charge >= 0.3 is 0 Å². The van der Waals surface area contributed by atoms with E-state index in [1.807, 2.05) is 0 Å². The van der Waals surface area contributed by atoms with Crippen LogP contribution in [0.1, 0.15) is 13.8 Å². The Morgan fingerprint density at radius 1 is 1.27 bits per heavy atom. The van der Waals surface area contributed by atoms with Crippen molar-refractivity contribution in [3.63, 3.8) is 0 Å². The number of piperazine rings is 1. The fourth-order valence-corrected chi connectivity index (χ4v) is 1.40. The topological polar surface area (TPSA) is 41.3 Å². The van der Waals surface area contributed by atoms with Crippen LogP contribution in [0.15, 0.2) is 0 Å². The van der Waals surface area contributed by atoms with Crippen LogP contribution in [0.5, 0.6) is 0 Å². The highest BCUT2D eigenvalue weighted by molar-refractivity contribution is 4.74. The summed E-state index contributed by atoms with van der Waals surface area (Å²) in [4.78, 5) is 2.35. The molecule has 0 aromatic heterocycles. The van der Waals surface area contributed by atoms with Crippen LogP contribution in [0.4, 0.5) is 0 Å². The molecular formula is C8H19N3. The molecule has 1 heterocycles. The third-order valence-corrected chi connectivity index (χ3v) is 2.26. The van der Waals surface area contributed by atoms with Gasteiger partial charge in [0, 0.05) is 26.2 Å². The molecule has 1 saturated heterocycles. The van der Waals surface area contributed by atoms with Crippen LogP contribution in [0, 0.1) is 5.92 Å². The maximum Gasteiger partial charge on any atom is 0.0596 e. The van der Waals surface area contributed by atoms with Crippen molar-refractivity contribution in [1.82, 2.24) is 10.2 Å². The van der Waals surface area contributed by atoms with Gasteiger partial charge in [0.1, 0.15) is 0 Å². The first-order chi connectivity index (χ1) is 5.22. The van der Waals surface area contributed by atoms with Crippen LogP contribution in [-0.2, 0) is 0 Å². The summed E-state index contributed by atoms with van der Waals surface area (Å²) in [6.07, 6.45) is 0.247. The molecule has 0 amide bonds. The van der Waals surface area contributed by atoms with Crippen molar-refractivity contribution in [2.45, 2.75) is 20.0 Å². The number of rotatable bonds is 2. The third kappa shape index (κ3) is 2.43. The predicted molar refractivity (Wildman–Crippen MR) is 47.3 cm³/mol.